The highest BCUT2D eigenvalue weighted by Crippen LogP contribution is 2.29. The van der Waals surface area contributed by atoms with E-state index in [1.165, 1.54) is 6.08 Å². The Hall–Kier alpha value is -1.65. The minimum atomic E-state index is -0.824. The summed E-state index contributed by atoms with van der Waals surface area (Å²) in [6.45, 7) is 4.75. The largest absolute Gasteiger partial charge is 0.384 e. The molecular weight excluding hydrogens is 216 g/mol. The summed E-state index contributed by atoms with van der Waals surface area (Å²) in [5, 5.41) is 16.2. The van der Waals surface area contributed by atoms with Crippen molar-refractivity contribution in [3.05, 3.63) is 42.5 Å². The van der Waals surface area contributed by atoms with Crippen LogP contribution in [0.2, 0.25) is 0 Å². The zero-order chi connectivity index (χ0) is 12.3. The third-order valence-corrected chi connectivity index (χ3v) is 2.99. The van der Waals surface area contributed by atoms with Gasteiger partial charge in [0.15, 0.2) is 0 Å². The molecule has 0 aromatic heterocycles. The van der Waals surface area contributed by atoms with E-state index in [0.29, 0.717) is 18.7 Å². The van der Waals surface area contributed by atoms with Crippen LogP contribution in [-0.2, 0) is 10.4 Å². The van der Waals surface area contributed by atoms with Crippen LogP contribution in [-0.4, -0.2) is 24.1 Å². The molecule has 4 nitrogen and oxygen atoms in total. The topological polar surface area (TPSA) is 61.4 Å². The predicted octanol–water partition coefficient (Wildman–Crippen LogP) is 0.992. The molecule has 0 saturated carbocycles. The molecule has 1 aromatic rings. The molecule has 0 bridgehead atoms. The molecule has 1 atom stereocenters. The zero-order valence-electron chi connectivity index (χ0n) is 9.57. The van der Waals surface area contributed by atoms with Gasteiger partial charge < -0.3 is 15.7 Å². The van der Waals surface area contributed by atoms with Crippen molar-refractivity contribution in [3.63, 3.8) is 0 Å². The third-order valence-electron chi connectivity index (χ3n) is 2.99. The second-order valence-corrected chi connectivity index (χ2v) is 4.23. The average molecular weight is 232 g/mol. The van der Waals surface area contributed by atoms with Crippen molar-refractivity contribution < 1.29 is 9.90 Å². The first-order valence-corrected chi connectivity index (χ1v) is 5.61. The zero-order valence-corrected chi connectivity index (χ0v) is 9.57. The lowest BCUT2D eigenvalue weighted by Gasteiger charge is -2.22. The van der Waals surface area contributed by atoms with Crippen LogP contribution >= 0.6 is 0 Å². The van der Waals surface area contributed by atoms with Crippen molar-refractivity contribution >= 4 is 11.6 Å². The van der Waals surface area contributed by atoms with Gasteiger partial charge in [0.2, 0.25) is 5.91 Å². The quantitative estimate of drug-likeness (QED) is 0.681. The van der Waals surface area contributed by atoms with Gasteiger partial charge in [0.25, 0.3) is 0 Å². The van der Waals surface area contributed by atoms with Crippen LogP contribution in [0, 0.1) is 0 Å². The van der Waals surface area contributed by atoms with Gasteiger partial charge >= 0.3 is 0 Å². The molecule has 0 aliphatic carbocycles. The first-order chi connectivity index (χ1) is 8.14. The van der Waals surface area contributed by atoms with Crippen LogP contribution in [0.5, 0.6) is 0 Å². The number of amides is 1. The number of carbonyl (C=O) groups is 1. The number of aliphatic hydroxyl groups is 1. The van der Waals surface area contributed by atoms with Crippen LogP contribution in [0.15, 0.2) is 36.9 Å². The normalized spacial score (nSPS) is 23.4. The van der Waals surface area contributed by atoms with E-state index in [-0.39, 0.29) is 5.91 Å². The van der Waals surface area contributed by atoms with E-state index in [1.54, 1.807) is 12.1 Å². The number of hydrogen-bond acceptors (Lipinski definition) is 3. The molecule has 1 unspecified atom stereocenters. The molecule has 1 fully saturated rings. The van der Waals surface area contributed by atoms with Crippen LogP contribution in [0.1, 0.15) is 12.0 Å². The van der Waals surface area contributed by atoms with Crippen LogP contribution in [0.4, 0.5) is 5.69 Å². The highest BCUT2D eigenvalue weighted by atomic mass is 16.3. The maximum absolute atomic E-state index is 11.2. The van der Waals surface area contributed by atoms with E-state index in [2.05, 4.69) is 17.2 Å². The van der Waals surface area contributed by atoms with Gasteiger partial charge in [-0.1, -0.05) is 18.7 Å². The van der Waals surface area contributed by atoms with Crippen LogP contribution < -0.4 is 10.6 Å². The molecule has 0 radical (unpaired) electrons. The van der Waals surface area contributed by atoms with Crippen LogP contribution in [0.3, 0.4) is 0 Å². The van der Waals surface area contributed by atoms with Crippen molar-refractivity contribution in [2.24, 2.45) is 0 Å². The molecule has 0 spiro atoms. The van der Waals surface area contributed by atoms with Gasteiger partial charge in [0.05, 0.1) is 0 Å². The van der Waals surface area contributed by atoms with Gasteiger partial charge in [0.1, 0.15) is 5.60 Å². The lowest BCUT2D eigenvalue weighted by molar-refractivity contribution is -0.111. The van der Waals surface area contributed by atoms with Gasteiger partial charge in [-0.2, -0.15) is 0 Å². The number of anilines is 1. The minimum Gasteiger partial charge on any atom is -0.384 e. The number of nitrogens with one attached hydrogen (secondary N) is 2. The molecule has 90 valence electrons. The van der Waals surface area contributed by atoms with E-state index in [1.807, 2.05) is 12.1 Å². The van der Waals surface area contributed by atoms with E-state index < -0.39 is 5.60 Å². The first-order valence-electron chi connectivity index (χ1n) is 5.61. The minimum absolute atomic E-state index is 0.251. The molecule has 1 aromatic carbocycles. The van der Waals surface area contributed by atoms with Gasteiger partial charge in [-0.25, -0.2) is 0 Å². The summed E-state index contributed by atoms with van der Waals surface area (Å²) >= 11 is 0. The predicted molar refractivity (Wildman–Crippen MR) is 66.7 cm³/mol. The van der Waals surface area contributed by atoms with Crippen molar-refractivity contribution in [2.75, 3.05) is 18.4 Å². The Morgan fingerprint density at radius 3 is 3.06 bits per heavy atom. The highest BCUT2D eigenvalue weighted by molar-refractivity contribution is 5.98. The maximum atomic E-state index is 11.2. The van der Waals surface area contributed by atoms with Crippen molar-refractivity contribution in [1.82, 2.24) is 5.32 Å². The lowest BCUT2D eigenvalue weighted by Crippen LogP contribution is -2.28. The molecule has 1 saturated heterocycles. The van der Waals surface area contributed by atoms with Gasteiger partial charge in [0, 0.05) is 12.2 Å². The van der Waals surface area contributed by atoms with E-state index in [0.717, 1.165) is 12.1 Å². The number of hydrogen-bond donors (Lipinski definition) is 3. The summed E-state index contributed by atoms with van der Waals surface area (Å²) < 4.78 is 0. The molecule has 1 heterocycles. The fraction of sp³-hybridized carbons (Fsp3) is 0.308. The van der Waals surface area contributed by atoms with Crippen molar-refractivity contribution in [3.8, 4) is 0 Å². The summed E-state index contributed by atoms with van der Waals surface area (Å²) in [4.78, 5) is 11.2. The number of β-amino-alcohol motifs (C(OH)–C–C–N with tert-alkyl or cyclic N) is 1. The van der Waals surface area contributed by atoms with Gasteiger partial charge in [-0.3, -0.25) is 4.79 Å². The molecular formula is C13H16N2O2. The summed E-state index contributed by atoms with van der Waals surface area (Å²) in [7, 11) is 0. The van der Waals surface area contributed by atoms with Gasteiger partial charge in [-0.15, -0.1) is 0 Å². The van der Waals surface area contributed by atoms with Crippen molar-refractivity contribution in [2.45, 2.75) is 12.0 Å². The second-order valence-electron chi connectivity index (χ2n) is 4.23. The summed E-state index contributed by atoms with van der Waals surface area (Å²) in [5.74, 6) is -0.251. The summed E-state index contributed by atoms with van der Waals surface area (Å²) in [6.07, 6.45) is 1.91. The highest BCUT2D eigenvalue weighted by Gasteiger charge is 2.32. The van der Waals surface area contributed by atoms with E-state index >= 15 is 0 Å². The number of carbonyl (C=O) groups excluding carboxylic acids is 1. The van der Waals surface area contributed by atoms with E-state index in [9.17, 15) is 9.90 Å². The molecule has 1 aliphatic heterocycles. The first kappa shape index (κ1) is 11.8. The monoisotopic (exact) mass is 232 g/mol. The second kappa shape index (κ2) is 4.69. The lowest BCUT2D eigenvalue weighted by atomic mass is 9.93. The molecule has 1 amide bonds. The SMILES string of the molecule is C=CC(=O)Nc1cccc(C2(O)CCNC2)c1. The van der Waals surface area contributed by atoms with Crippen LogP contribution in [0.25, 0.3) is 0 Å². The summed E-state index contributed by atoms with van der Waals surface area (Å²) in [5.41, 5.74) is 0.673. The Bertz CT molecular complexity index is 437. The Balaban J connectivity index is 2.22. The fourth-order valence-electron chi connectivity index (χ4n) is 2.00. The Morgan fingerprint density at radius 1 is 1.59 bits per heavy atom. The number of benzene rings is 1. The fourth-order valence-corrected chi connectivity index (χ4v) is 2.00. The molecule has 2 rings (SSSR count). The summed E-state index contributed by atoms with van der Waals surface area (Å²) in [6, 6.07) is 7.28. The average Bonchev–Trinajstić information content (AvgIpc) is 2.78. The molecule has 4 heteroatoms. The van der Waals surface area contributed by atoms with Gasteiger partial charge in [-0.05, 0) is 36.7 Å². The smallest absolute Gasteiger partial charge is 0.247 e. The third kappa shape index (κ3) is 2.54. The Kier molecular flexibility index (Phi) is 3.26. The maximum Gasteiger partial charge on any atom is 0.247 e. The Labute approximate surface area is 100 Å². The van der Waals surface area contributed by atoms with E-state index in [4.69, 9.17) is 0 Å². The molecule has 1 aliphatic rings. The number of rotatable bonds is 3. The standard InChI is InChI=1S/C13H16N2O2/c1-2-12(16)15-11-5-3-4-10(8-11)13(17)6-7-14-9-13/h2-5,8,14,17H,1,6-7,9H2,(H,15,16). The molecule has 3 N–H and O–H groups in total. The molecule has 17 heavy (non-hydrogen) atoms. The van der Waals surface area contributed by atoms with Crippen molar-refractivity contribution in [1.29, 1.82) is 0 Å². The Morgan fingerprint density at radius 2 is 2.41 bits per heavy atom.